The first-order chi connectivity index (χ1) is 8.15. The van der Waals surface area contributed by atoms with Crippen molar-refractivity contribution in [3.63, 3.8) is 0 Å². The summed E-state index contributed by atoms with van der Waals surface area (Å²) >= 11 is 0. The molecule has 1 amide bonds. The highest BCUT2D eigenvalue weighted by Crippen LogP contribution is 2.13. The third-order valence-electron chi connectivity index (χ3n) is 2.94. The molecule has 1 aliphatic heterocycles. The van der Waals surface area contributed by atoms with E-state index in [1.165, 1.54) is 0 Å². The van der Waals surface area contributed by atoms with Crippen LogP contribution in [0, 0.1) is 12.8 Å². The van der Waals surface area contributed by atoms with Crippen LogP contribution in [-0.4, -0.2) is 25.7 Å². The van der Waals surface area contributed by atoms with Gasteiger partial charge in [0, 0.05) is 30.3 Å². The third-order valence-corrected chi connectivity index (χ3v) is 2.94. The van der Waals surface area contributed by atoms with Crippen LogP contribution in [0.3, 0.4) is 0 Å². The van der Waals surface area contributed by atoms with Crippen molar-refractivity contribution in [2.45, 2.75) is 13.3 Å². The number of hydrogen-bond donors (Lipinski definition) is 2. The number of ether oxygens (including phenoxy) is 1. The lowest BCUT2D eigenvalue weighted by atomic mass is 10.1. The van der Waals surface area contributed by atoms with Gasteiger partial charge in [-0.05, 0) is 37.1 Å². The summed E-state index contributed by atoms with van der Waals surface area (Å²) in [6, 6.07) is 5.39. The van der Waals surface area contributed by atoms with Gasteiger partial charge in [-0.3, -0.25) is 4.79 Å². The minimum Gasteiger partial charge on any atom is -0.399 e. The summed E-state index contributed by atoms with van der Waals surface area (Å²) < 4.78 is 5.26. The number of carbonyl (C=O) groups is 1. The molecule has 1 aromatic carbocycles. The SMILES string of the molecule is Cc1cc(N)cc(C(=O)NCC2CCOC2)c1. The molecule has 4 heteroatoms. The van der Waals surface area contributed by atoms with Gasteiger partial charge in [0.25, 0.3) is 5.91 Å². The van der Waals surface area contributed by atoms with Crippen LogP contribution in [0.15, 0.2) is 18.2 Å². The van der Waals surface area contributed by atoms with Crippen LogP contribution in [0.4, 0.5) is 5.69 Å². The summed E-state index contributed by atoms with van der Waals surface area (Å²) in [6.45, 7) is 4.15. The molecule has 0 bridgehead atoms. The first-order valence-electron chi connectivity index (χ1n) is 5.88. The summed E-state index contributed by atoms with van der Waals surface area (Å²) in [5.41, 5.74) is 7.97. The van der Waals surface area contributed by atoms with E-state index < -0.39 is 0 Å². The molecule has 0 radical (unpaired) electrons. The van der Waals surface area contributed by atoms with Gasteiger partial charge in [-0.25, -0.2) is 0 Å². The number of nitrogen functional groups attached to an aromatic ring is 1. The van der Waals surface area contributed by atoms with Crippen LogP contribution in [0.2, 0.25) is 0 Å². The van der Waals surface area contributed by atoms with Crippen LogP contribution >= 0.6 is 0 Å². The zero-order valence-electron chi connectivity index (χ0n) is 10.0. The summed E-state index contributed by atoms with van der Waals surface area (Å²) in [4.78, 5) is 11.9. The lowest BCUT2D eigenvalue weighted by Crippen LogP contribution is -2.29. The quantitative estimate of drug-likeness (QED) is 0.776. The average Bonchev–Trinajstić information content (AvgIpc) is 2.77. The molecule has 1 aromatic rings. The number of benzene rings is 1. The van der Waals surface area contributed by atoms with Gasteiger partial charge in [0.15, 0.2) is 0 Å². The normalized spacial score (nSPS) is 19.2. The van der Waals surface area contributed by atoms with E-state index >= 15 is 0 Å². The Morgan fingerprint density at radius 3 is 3.00 bits per heavy atom. The fourth-order valence-corrected chi connectivity index (χ4v) is 2.03. The van der Waals surface area contributed by atoms with Gasteiger partial charge >= 0.3 is 0 Å². The average molecular weight is 234 g/mol. The van der Waals surface area contributed by atoms with E-state index in [0.717, 1.165) is 25.2 Å². The summed E-state index contributed by atoms with van der Waals surface area (Å²) in [7, 11) is 0. The van der Waals surface area contributed by atoms with Gasteiger partial charge in [-0.15, -0.1) is 0 Å². The summed E-state index contributed by atoms with van der Waals surface area (Å²) in [5.74, 6) is 0.383. The van der Waals surface area contributed by atoms with E-state index in [1.54, 1.807) is 6.07 Å². The van der Waals surface area contributed by atoms with Gasteiger partial charge in [0.1, 0.15) is 0 Å². The number of amides is 1. The van der Waals surface area contributed by atoms with Crippen LogP contribution in [0.1, 0.15) is 22.3 Å². The van der Waals surface area contributed by atoms with Gasteiger partial charge in [-0.1, -0.05) is 0 Å². The summed E-state index contributed by atoms with van der Waals surface area (Å²) in [5, 5.41) is 2.92. The first-order valence-corrected chi connectivity index (χ1v) is 5.88. The van der Waals surface area contributed by atoms with Gasteiger partial charge in [0.2, 0.25) is 0 Å². The molecule has 3 N–H and O–H groups in total. The fourth-order valence-electron chi connectivity index (χ4n) is 2.03. The maximum atomic E-state index is 11.9. The molecule has 0 aliphatic carbocycles. The van der Waals surface area contributed by atoms with Crippen molar-refractivity contribution in [2.75, 3.05) is 25.5 Å². The molecule has 4 nitrogen and oxygen atoms in total. The van der Waals surface area contributed by atoms with E-state index in [-0.39, 0.29) is 5.91 Å². The van der Waals surface area contributed by atoms with E-state index in [1.807, 2.05) is 19.1 Å². The Labute approximate surface area is 101 Å². The number of rotatable bonds is 3. The van der Waals surface area contributed by atoms with Gasteiger partial charge in [0.05, 0.1) is 6.61 Å². The molecule has 1 atom stereocenters. The maximum Gasteiger partial charge on any atom is 0.251 e. The Morgan fingerprint density at radius 1 is 1.53 bits per heavy atom. The van der Waals surface area contributed by atoms with Crippen molar-refractivity contribution in [3.05, 3.63) is 29.3 Å². The van der Waals surface area contributed by atoms with E-state index in [2.05, 4.69) is 5.32 Å². The van der Waals surface area contributed by atoms with Crippen LogP contribution < -0.4 is 11.1 Å². The largest absolute Gasteiger partial charge is 0.399 e. The van der Waals surface area contributed by atoms with Crippen LogP contribution in [-0.2, 0) is 4.74 Å². The number of hydrogen-bond acceptors (Lipinski definition) is 3. The molecule has 92 valence electrons. The maximum absolute atomic E-state index is 11.9. The van der Waals surface area contributed by atoms with Crippen molar-refractivity contribution in [3.8, 4) is 0 Å². The molecular formula is C13H18N2O2. The van der Waals surface area contributed by atoms with Crippen molar-refractivity contribution in [1.29, 1.82) is 0 Å². The van der Waals surface area contributed by atoms with Crippen molar-refractivity contribution in [1.82, 2.24) is 5.32 Å². The summed E-state index contributed by atoms with van der Waals surface area (Å²) in [6.07, 6.45) is 1.02. The Morgan fingerprint density at radius 2 is 2.35 bits per heavy atom. The second-order valence-electron chi connectivity index (χ2n) is 4.57. The van der Waals surface area contributed by atoms with E-state index in [9.17, 15) is 4.79 Å². The highest BCUT2D eigenvalue weighted by atomic mass is 16.5. The standard InChI is InChI=1S/C13H18N2O2/c1-9-4-11(6-12(14)5-9)13(16)15-7-10-2-3-17-8-10/h4-6,10H,2-3,7-8,14H2,1H3,(H,15,16). The number of anilines is 1. The minimum atomic E-state index is -0.0627. The van der Waals surface area contributed by atoms with Crippen LogP contribution in [0.5, 0.6) is 0 Å². The molecule has 1 saturated heterocycles. The Balaban J connectivity index is 1.94. The molecular weight excluding hydrogens is 216 g/mol. The molecule has 1 aliphatic rings. The van der Waals surface area contributed by atoms with Gasteiger partial charge < -0.3 is 15.8 Å². The number of nitrogens with two attached hydrogens (primary N) is 1. The number of carbonyl (C=O) groups excluding carboxylic acids is 1. The van der Waals surface area contributed by atoms with Gasteiger partial charge in [-0.2, -0.15) is 0 Å². The second kappa shape index (κ2) is 5.19. The van der Waals surface area contributed by atoms with Crippen molar-refractivity contribution >= 4 is 11.6 Å². The molecule has 1 fully saturated rings. The van der Waals surface area contributed by atoms with E-state index in [4.69, 9.17) is 10.5 Å². The third kappa shape index (κ3) is 3.20. The second-order valence-corrected chi connectivity index (χ2v) is 4.57. The predicted octanol–water partition coefficient (Wildman–Crippen LogP) is 1.34. The topological polar surface area (TPSA) is 64.4 Å². The van der Waals surface area contributed by atoms with E-state index in [0.29, 0.717) is 23.7 Å². The highest BCUT2D eigenvalue weighted by Gasteiger charge is 2.16. The lowest BCUT2D eigenvalue weighted by Gasteiger charge is -2.10. The van der Waals surface area contributed by atoms with Crippen LogP contribution in [0.25, 0.3) is 0 Å². The molecule has 0 saturated carbocycles. The number of aryl methyl sites for hydroxylation is 1. The Bertz CT molecular complexity index is 392. The molecule has 17 heavy (non-hydrogen) atoms. The Kier molecular flexibility index (Phi) is 3.64. The zero-order valence-corrected chi connectivity index (χ0v) is 10.0. The molecule has 0 aromatic heterocycles. The lowest BCUT2D eigenvalue weighted by molar-refractivity contribution is 0.0945. The zero-order chi connectivity index (χ0) is 12.3. The highest BCUT2D eigenvalue weighted by molar-refractivity contribution is 5.95. The van der Waals surface area contributed by atoms with Crippen molar-refractivity contribution in [2.24, 2.45) is 5.92 Å². The molecule has 1 unspecified atom stereocenters. The molecule has 0 spiro atoms. The molecule has 2 rings (SSSR count). The Hall–Kier alpha value is -1.55. The molecule has 1 heterocycles. The fraction of sp³-hybridized carbons (Fsp3) is 0.462. The monoisotopic (exact) mass is 234 g/mol. The number of nitrogens with one attached hydrogen (secondary N) is 1. The van der Waals surface area contributed by atoms with Crippen molar-refractivity contribution < 1.29 is 9.53 Å². The predicted molar refractivity (Wildman–Crippen MR) is 66.9 cm³/mol. The minimum absolute atomic E-state index is 0.0627. The first kappa shape index (κ1) is 11.9. The smallest absolute Gasteiger partial charge is 0.251 e.